The molecule has 0 unspecified atom stereocenters. The van der Waals surface area contributed by atoms with E-state index in [9.17, 15) is 4.79 Å². The molecule has 0 amide bonds. The van der Waals surface area contributed by atoms with Crippen LogP contribution in [0.4, 0.5) is 0 Å². The van der Waals surface area contributed by atoms with Gasteiger partial charge in [0.15, 0.2) is 5.78 Å². The Morgan fingerprint density at radius 2 is 1.89 bits per heavy atom. The molecular weight excluding hydrogens is 236 g/mol. The molecule has 19 heavy (non-hydrogen) atoms. The van der Waals surface area contributed by atoms with Crippen molar-refractivity contribution in [2.75, 3.05) is 6.61 Å². The minimum absolute atomic E-state index is 0.314. The van der Waals surface area contributed by atoms with Crippen molar-refractivity contribution in [3.8, 4) is 5.75 Å². The SMILES string of the molecule is CCCCOc1ccc(C=C2CCCCC2=O)cc1. The molecule has 0 aromatic heterocycles. The van der Waals surface area contributed by atoms with Crippen LogP contribution in [0.3, 0.4) is 0 Å². The highest BCUT2D eigenvalue weighted by Gasteiger charge is 2.14. The largest absolute Gasteiger partial charge is 0.494 e. The molecule has 0 spiro atoms. The first-order chi connectivity index (χ1) is 9.29. The molecule has 2 rings (SSSR count). The predicted molar refractivity (Wildman–Crippen MR) is 78.3 cm³/mol. The van der Waals surface area contributed by atoms with Gasteiger partial charge in [-0.15, -0.1) is 0 Å². The Morgan fingerprint density at radius 1 is 1.16 bits per heavy atom. The van der Waals surface area contributed by atoms with E-state index in [0.717, 1.165) is 55.6 Å². The summed E-state index contributed by atoms with van der Waals surface area (Å²) in [5.74, 6) is 1.22. The van der Waals surface area contributed by atoms with Gasteiger partial charge in [0.1, 0.15) is 5.75 Å². The Hall–Kier alpha value is -1.57. The first kappa shape index (κ1) is 13.9. The van der Waals surface area contributed by atoms with Gasteiger partial charge in [0.2, 0.25) is 0 Å². The zero-order chi connectivity index (χ0) is 13.5. The van der Waals surface area contributed by atoms with Gasteiger partial charge in [-0.25, -0.2) is 0 Å². The fourth-order valence-corrected chi connectivity index (χ4v) is 2.25. The van der Waals surface area contributed by atoms with E-state index in [1.807, 2.05) is 30.3 Å². The van der Waals surface area contributed by atoms with Crippen LogP contribution in [0.25, 0.3) is 6.08 Å². The molecule has 1 saturated carbocycles. The number of carbonyl (C=O) groups is 1. The maximum Gasteiger partial charge on any atom is 0.158 e. The number of ketones is 1. The van der Waals surface area contributed by atoms with Crippen molar-refractivity contribution >= 4 is 11.9 Å². The van der Waals surface area contributed by atoms with E-state index >= 15 is 0 Å². The molecule has 1 fully saturated rings. The van der Waals surface area contributed by atoms with Crippen LogP contribution in [-0.2, 0) is 4.79 Å². The highest BCUT2D eigenvalue weighted by Crippen LogP contribution is 2.23. The summed E-state index contributed by atoms with van der Waals surface area (Å²) in [6.45, 7) is 2.93. The molecule has 0 N–H and O–H groups in total. The van der Waals surface area contributed by atoms with E-state index in [2.05, 4.69) is 6.92 Å². The summed E-state index contributed by atoms with van der Waals surface area (Å²) in [7, 11) is 0. The Kier molecular flexibility index (Phi) is 5.20. The Morgan fingerprint density at radius 3 is 2.58 bits per heavy atom. The summed E-state index contributed by atoms with van der Waals surface area (Å²) in [6.07, 6.45) is 8.07. The molecule has 1 aliphatic rings. The third kappa shape index (κ3) is 4.23. The first-order valence-electron chi connectivity index (χ1n) is 7.26. The monoisotopic (exact) mass is 258 g/mol. The van der Waals surface area contributed by atoms with Crippen molar-refractivity contribution in [2.45, 2.75) is 45.4 Å². The summed E-state index contributed by atoms with van der Waals surface area (Å²) < 4.78 is 5.62. The van der Waals surface area contributed by atoms with Gasteiger partial charge >= 0.3 is 0 Å². The van der Waals surface area contributed by atoms with Gasteiger partial charge in [0, 0.05) is 6.42 Å². The number of benzene rings is 1. The second-order valence-corrected chi connectivity index (χ2v) is 5.07. The van der Waals surface area contributed by atoms with E-state index in [0.29, 0.717) is 12.2 Å². The Bertz CT molecular complexity index is 443. The average Bonchev–Trinajstić information content (AvgIpc) is 2.44. The number of hydrogen-bond donors (Lipinski definition) is 0. The first-order valence-corrected chi connectivity index (χ1v) is 7.26. The van der Waals surface area contributed by atoms with Crippen LogP contribution in [-0.4, -0.2) is 12.4 Å². The lowest BCUT2D eigenvalue weighted by molar-refractivity contribution is -0.116. The van der Waals surface area contributed by atoms with Crippen molar-refractivity contribution in [1.29, 1.82) is 0 Å². The van der Waals surface area contributed by atoms with E-state index < -0.39 is 0 Å². The number of rotatable bonds is 5. The quantitative estimate of drug-likeness (QED) is 0.578. The van der Waals surface area contributed by atoms with Crippen LogP contribution >= 0.6 is 0 Å². The molecule has 0 atom stereocenters. The molecule has 0 heterocycles. The molecule has 1 aliphatic carbocycles. The van der Waals surface area contributed by atoms with Gasteiger partial charge in [-0.2, -0.15) is 0 Å². The number of carbonyl (C=O) groups excluding carboxylic acids is 1. The summed E-state index contributed by atoms with van der Waals surface area (Å²) in [5, 5.41) is 0. The lowest BCUT2D eigenvalue weighted by Crippen LogP contribution is -2.07. The maximum absolute atomic E-state index is 11.7. The van der Waals surface area contributed by atoms with E-state index in [-0.39, 0.29) is 0 Å². The smallest absolute Gasteiger partial charge is 0.158 e. The van der Waals surface area contributed by atoms with Crippen molar-refractivity contribution in [2.24, 2.45) is 0 Å². The van der Waals surface area contributed by atoms with Crippen LogP contribution in [0.5, 0.6) is 5.75 Å². The van der Waals surface area contributed by atoms with Gasteiger partial charge in [-0.05, 0) is 55.0 Å². The highest BCUT2D eigenvalue weighted by atomic mass is 16.5. The minimum Gasteiger partial charge on any atom is -0.494 e. The predicted octanol–water partition coefficient (Wildman–Crippen LogP) is 4.39. The molecule has 1 aromatic rings. The van der Waals surface area contributed by atoms with Crippen LogP contribution in [0.15, 0.2) is 29.8 Å². The Labute approximate surface area is 115 Å². The third-order valence-electron chi connectivity index (χ3n) is 3.45. The summed E-state index contributed by atoms with van der Waals surface area (Å²) in [6, 6.07) is 8.01. The molecule has 0 radical (unpaired) electrons. The molecule has 0 saturated heterocycles. The van der Waals surface area contributed by atoms with Crippen molar-refractivity contribution in [3.63, 3.8) is 0 Å². The lowest BCUT2D eigenvalue weighted by Gasteiger charge is -2.12. The van der Waals surface area contributed by atoms with Gasteiger partial charge in [-0.3, -0.25) is 4.79 Å². The molecule has 102 valence electrons. The van der Waals surface area contributed by atoms with E-state index in [1.165, 1.54) is 0 Å². The van der Waals surface area contributed by atoms with Gasteiger partial charge < -0.3 is 4.74 Å². The Balaban J connectivity index is 1.97. The van der Waals surface area contributed by atoms with E-state index in [4.69, 9.17) is 4.74 Å². The van der Waals surface area contributed by atoms with Crippen LogP contribution in [0.1, 0.15) is 51.0 Å². The zero-order valence-electron chi connectivity index (χ0n) is 11.7. The molecule has 2 heteroatoms. The standard InChI is InChI=1S/C17H22O2/c1-2-3-12-19-16-10-8-14(9-11-16)13-15-6-4-5-7-17(15)18/h8-11,13H,2-7,12H2,1H3. The van der Waals surface area contributed by atoms with Crippen LogP contribution in [0.2, 0.25) is 0 Å². The van der Waals surface area contributed by atoms with Gasteiger partial charge in [0.25, 0.3) is 0 Å². The number of ether oxygens (including phenoxy) is 1. The number of unbranched alkanes of at least 4 members (excludes halogenated alkanes) is 1. The molecule has 0 bridgehead atoms. The summed E-state index contributed by atoms with van der Waals surface area (Å²) >= 11 is 0. The maximum atomic E-state index is 11.7. The third-order valence-corrected chi connectivity index (χ3v) is 3.45. The summed E-state index contributed by atoms with van der Waals surface area (Å²) in [4.78, 5) is 11.7. The molecule has 1 aromatic carbocycles. The number of Topliss-reactive ketones (excluding diaryl/α,β-unsaturated/α-hetero) is 1. The summed E-state index contributed by atoms with van der Waals surface area (Å²) in [5.41, 5.74) is 2.07. The van der Waals surface area contributed by atoms with Crippen LogP contribution in [0, 0.1) is 0 Å². The normalized spacial score (nSPS) is 17.7. The molecule has 0 aliphatic heterocycles. The van der Waals surface area contributed by atoms with Crippen molar-refractivity contribution in [1.82, 2.24) is 0 Å². The second kappa shape index (κ2) is 7.13. The lowest BCUT2D eigenvalue weighted by atomic mass is 9.92. The minimum atomic E-state index is 0.314. The molecule has 2 nitrogen and oxygen atoms in total. The van der Waals surface area contributed by atoms with Gasteiger partial charge in [-0.1, -0.05) is 25.5 Å². The molecular formula is C17H22O2. The average molecular weight is 258 g/mol. The fraction of sp³-hybridized carbons (Fsp3) is 0.471. The van der Waals surface area contributed by atoms with E-state index in [1.54, 1.807) is 0 Å². The second-order valence-electron chi connectivity index (χ2n) is 5.07. The number of allylic oxidation sites excluding steroid dienone is 1. The van der Waals surface area contributed by atoms with Crippen molar-refractivity contribution in [3.05, 3.63) is 35.4 Å². The fourth-order valence-electron chi connectivity index (χ4n) is 2.25. The zero-order valence-corrected chi connectivity index (χ0v) is 11.7. The highest BCUT2D eigenvalue weighted by molar-refractivity contribution is 6.00. The van der Waals surface area contributed by atoms with Gasteiger partial charge in [0.05, 0.1) is 6.61 Å². The number of hydrogen-bond acceptors (Lipinski definition) is 2. The van der Waals surface area contributed by atoms with Crippen molar-refractivity contribution < 1.29 is 9.53 Å². The van der Waals surface area contributed by atoms with Crippen LogP contribution < -0.4 is 4.74 Å². The topological polar surface area (TPSA) is 26.3 Å².